The number of rotatable bonds is 4. The molecule has 0 aliphatic heterocycles. The predicted octanol–water partition coefficient (Wildman–Crippen LogP) is 0.244. The Labute approximate surface area is 205 Å². The van der Waals surface area contributed by atoms with Crippen LogP contribution in [0.1, 0.15) is 0 Å². The summed E-state index contributed by atoms with van der Waals surface area (Å²) in [5.41, 5.74) is 0.0844. The molecule has 0 atom stereocenters. The summed E-state index contributed by atoms with van der Waals surface area (Å²) in [5.74, 6) is -2.66. The minimum absolute atomic E-state index is 0. The summed E-state index contributed by atoms with van der Waals surface area (Å²) in [4.78, 5) is 0. The van der Waals surface area contributed by atoms with Crippen molar-refractivity contribution in [1.29, 1.82) is 0 Å². The summed E-state index contributed by atoms with van der Waals surface area (Å²) < 4.78 is 60.7. The fourth-order valence-corrected chi connectivity index (χ4v) is 4.31. The molecule has 0 amide bonds. The molecular formula is C24H16BBrF4Mg. The van der Waals surface area contributed by atoms with E-state index in [0.29, 0.717) is 0 Å². The zero-order valence-corrected chi connectivity index (χ0v) is 19.4. The van der Waals surface area contributed by atoms with Gasteiger partial charge in [0.2, 0.25) is 0 Å². The van der Waals surface area contributed by atoms with Gasteiger partial charge in [-0.3, -0.25) is 0 Å². The van der Waals surface area contributed by atoms with Gasteiger partial charge >= 0.3 is 23.1 Å². The van der Waals surface area contributed by atoms with Crippen molar-refractivity contribution in [3.8, 4) is 0 Å². The summed E-state index contributed by atoms with van der Waals surface area (Å²) in [5, 5.41) is 0. The molecule has 0 saturated heterocycles. The Morgan fingerprint density at radius 2 is 0.581 bits per heavy atom. The Morgan fingerprint density at radius 1 is 0.387 bits per heavy atom. The second kappa shape index (κ2) is 10.5. The van der Waals surface area contributed by atoms with Crippen LogP contribution in [0.5, 0.6) is 0 Å². The van der Waals surface area contributed by atoms with Crippen molar-refractivity contribution in [1.82, 2.24) is 0 Å². The maximum Gasteiger partial charge on any atom is 2.00 e. The van der Waals surface area contributed by atoms with E-state index in [0.717, 1.165) is 0 Å². The smallest absolute Gasteiger partial charge is 1.00 e. The van der Waals surface area contributed by atoms with Gasteiger partial charge in [0.05, 0.1) is 23.3 Å². The number of halogens is 5. The fourth-order valence-electron chi connectivity index (χ4n) is 4.31. The van der Waals surface area contributed by atoms with E-state index < -0.39 is 29.4 Å². The van der Waals surface area contributed by atoms with Gasteiger partial charge in [-0.1, -0.05) is 72.8 Å². The Kier molecular flexibility index (Phi) is 8.51. The summed E-state index contributed by atoms with van der Waals surface area (Å²) in [6, 6.07) is 23.0. The normalized spacial score (nSPS) is 10.7. The van der Waals surface area contributed by atoms with E-state index in [1.165, 1.54) is 72.8 Å². The molecule has 0 unspecified atom stereocenters. The molecule has 0 fully saturated rings. The van der Waals surface area contributed by atoms with Gasteiger partial charge in [0.25, 0.3) is 0 Å². The van der Waals surface area contributed by atoms with Crippen LogP contribution in [0.4, 0.5) is 17.6 Å². The molecule has 4 rings (SSSR count). The maximum atomic E-state index is 15.2. The average molecular weight is 495 g/mol. The van der Waals surface area contributed by atoms with Crippen molar-refractivity contribution in [2.75, 3.05) is 0 Å². The standard InChI is InChI=1S/C24H16BF4.BrH.Mg/c26-21-13-5-1-9-17(21)25(18-10-2-6-14-22(18)27,19-11-3-7-15-23(19)28)20-12-4-8-16-24(20)29;;/h1-16H;1H;/q-1;;+2/p-1. The maximum absolute atomic E-state index is 15.2. The van der Waals surface area contributed by atoms with Crippen LogP contribution in [-0.4, -0.2) is 29.2 Å². The summed E-state index contributed by atoms with van der Waals surface area (Å²) in [7, 11) is 0. The van der Waals surface area contributed by atoms with E-state index in [2.05, 4.69) is 0 Å². The van der Waals surface area contributed by atoms with Crippen LogP contribution >= 0.6 is 0 Å². The SMILES string of the molecule is Fc1ccccc1[B-](c1ccccc1F)(c1ccccc1F)c1ccccc1F.[Br-].[Mg+2]. The van der Waals surface area contributed by atoms with Gasteiger partial charge in [0.1, 0.15) is 6.15 Å². The van der Waals surface area contributed by atoms with Crippen molar-refractivity contribution < 1.29 is 34.5 Å². The molecule has 0 aromatic heterocycles. The minimum Gasteiger partial charge on any atom is -1.00 e. The molecule has 31 heavy (non-hydrogen) atoms. The van der Waals surface area contributed by atoms with Crippen LogP contribution in [0.3, 0.4) is 0 Å². The molecule has 7 heteroatoms. The topological polar surface area (TPSA) is 0 Å². The number of benzene rings is 4. The molecule has 0 bridgehead atoms. The molecular weight excluding hydrogens is 479 g/mol. The second-order valence-electron chi connectivity index (χ2n) is 6.95. The zero-order valence-electron chi connectivity index (χ0n) is 16.4. The molecule has 0 radical (unpaired) electrons. The fraction of sp³-hybridized carbons (Fsp3) is 0. The van der Waals surface area contributed by atoms with Gasteiger partial charge in [0.15, 0.2) is 0 Å². The molecule has 4 aromatic carbocycles. The number of hydrogen-bond donors (Lipinski definition) is 0. The van der Waals surface area contributed by atoms with Crippen molar-refractivity contribution >= 4 is 51.0 Å². The molecule has 0 saturated carbocycles. The van der Waals surface area contributed by atoms with Crippen LogP contribution in [0.15, 0.2) is 97.1 Å². The van der Waals surface area contributed by atoms with Gasteiger partial charge < -0.3 is 17.0 Å². The monoisotopic (exact) mass is 494 g/mol. The molecule has 0 aliphatic carbocycles. The van der Waals surface area contributed by atoms with E-state index in [1.807, 2.05) is 0 Å². The first-order valence-electron chi connectivity index (χ1n) is 9.22. The summed E-state index contributed by atoms with van der Waals surface area (Å²) in [6.45, 7) is 0. The van der Waals surface area contributed by atoms with Gasteiger partial charge in [0, 0.05) is 0 Å². The third-order valence-electron chi connectivity index (χ3n) is 5.49. The van der Waals surface area contributed by atoms with Crippen molar-refractivity contribution in [3.05, 3.63) is 120 Å². The predicted molar refractivity (Wildman–Crippen MR) is 116 cm³/mol. The molecule has 0 spiro atoms. The molecule has 4 aromatic rings. The van der Waals surface area contributed by atoms with E-state index >= 15 is 17.6 Å². The second-order valence-corrected chi connectivity index (χ2v) is 6.95. The summed E-state index contributed by atoms with van der Waals surface area (Å²) >= 11 is 0. The van der Waals surface area contributed by atoms with E-state index in [4.69, 9.17) is 0 Å². The van der Waals surface area contributed by atoms with Crippen molar-refractivity contribution in [2.45, 2.75) is 0 Å². The average Bonchev–Trinajstić information content (AvgIpc) is 2.73. The van der Waals surface area contributed by atoms with Crippen LogP contribution in [0.25, 0.3) is 0 Å². The van der Waals surface area contributed by atoms with E-state index in [-0.39, 0.29) is 61.9 Å². The van der Waals surface area contributed by atoms with Gasteiger partial charge in [-0.05, 0) is 24.3 Å². The van der Waals surface area contributed by atoms with Crippen molar-refractivity contribution in [3.63, 3.8) is 0 Å². The van der Waals surface area contributed by atoms with Gasteiger partial charge in [-0.15, -0.1) is 0 Å². The quantitative estimate of drug-likeness (QED) is 0.281. The van der Waals surface area contributed by atoms with Crippen LogP contribution in [0, 0.1) is 23.3 Å². The molecule has 0 aliphatic rings. The summed E-state index contributed by atoms with van der Waals surface area (Å²) in [6.07, 6.45) is -2.82. The first kappa shape index (κ1) is 25.2. The third kappa shape index (κ3) is 4.31. The largest absolute Gasteiger partial charge is 2.00 e. The first-order valence-corrected chi connectivity index (χ1v) is 9.22. The van der Waals surface area contributed by atoms with E-state index in [9.17, 15) is 0 Å². The van der Waals surface area contributed by atoms with Crippen LogP contribution in [-0.2, 0) is 0 Å². The van der Waals surface area contributed by atoms with Crippen LogP contribution < -0.4 is 38.8 Å². The molecule has 152 valence electrons. The first-order chi connectivity index (χ1) is 14.1. The Hall–Kier alpha value is -2.09. The Bertz CT molecular complexity index is 998. The third-order valence-corrected chi connectivity index (χ3v) is 5.49. The Balaban J connectivity index is 0.00000171. The molecule has 0 nitrogen and oxygen atoms in total. The molecule has 0 heterocycles. The van der Waals surface area contributed by atoms with Crippen molar-refractivity contribution in [2.24, 2.45) is 0 Å². The molecule has 0 N–H and O–H groups in total. The zero-order chi connectivity index (χ0) is 20.4. The minimum atomic E-state index is -2.82. The van der Waals surface area contributed by atoms with Gasteiger partial charge in [-0.2, -0.15) is 21.9 Å². The Morgan fingerprint density at radius 3 is 0.774 bits per heavy atom. The number of hydrogen-bond acceptors (Lipinski definition) is 0. The van der Waals surface area contributed by atoms with Crippen LogP contribution in [0.2, 0.25) is 0 Å². The van der Waals surface area contributed by atoms with Gasteiger partial charge in [-0.25, -0.2) is 17.6 Å². The van der Waals surface area contributed by atoms with E-state index in [1.54, 1.807) is 24.3 Å².